The van der Waals surface area contributed by atoms with E-state index in [-0.39, 0.29) is 53.9 Å². The second-order valence-electron chi connectivity index (χ2n) is 15.5. The van der Waals surface area contributed by atoms with Crippen molar-refractivity contribution in [2.75, 3.05) is 33.5 Å². The molecule has 3 heterocycles. The number of carbonyl (C=O) groups is 2. The van der Waals surface area contributed by atoms with Gasteiger partial charge in [-0.1, -0.05) is 32.9 Å². The SMILES string of the molecule is COC(=O)C(OC1CCCCO1)C(=O)CCC/C=C\C[C@@H]1[C@@H](CO[Si](C)(C)C(C)(C)C)[C@H](OC2CCCCO2)C[C@@H]1OC1CCCCO1. The summed E-state index contributed by atoms with van der Waals surface area (Å²) in [7, 11) is -0.719. The molecule has 0 amide bonds. The van der Waals surface area contributed by atoms with Crippen LogP contribution in [0.5, 0.6) is 0 Å². The molecule has 0 aromatic carbocycles. The number of ketones is 1. The standard InChI is InChI=1S/C37H64O10Si/c1-37(2,3)48(5,6)44-26-28-27(30(45-32-19-11-14-22-41-32)25-31(28)46-33-20-12-15-23-42-33)17-9-7-8-10-18-29(38)35(36(39)40-4)47-34-21-13-16-24-43-34/h7,9,27-28,30-35H,8,10-26H2,1-6H3/b9-7-/t27-,28-,30+,31-,32?,33?,34?,35?/m1/s1. The number of Topliss-reactive ketones (excluding diaryl/α,β-unsaturated/α-hetero) is 1. The fourth-order valence-electron chi connectivity index (χ4n) is 6.79. The molecule has 4 aliphatic rings. The average molecular weight is 697 g/mol. The number of methoxy groups -OCH3 is 1. The Morgan fingerprint density at radius 1 is 0.812 bits per heavy atom. The maximum atomic E-state index is 13.0. The van der Waals surface area contributed by atoms with Crippen LogP contribution in [0.25, 0.3) is 0 Å². The Labute approximate surface area is 290 Å². The molecule has 0 radical (unpaired) electrons. The molecule has 0 aromatic heterocycles. The van der Waals surface area contributed by atoms with Crippen LogP contribution in [0.1, 0.15) is 111 Å². The summed E-state index contributed by atoms with van der Waals surface area (Å²) in [5, 5.41) is 0.106. The minimum atomic E-state index is -2.00. The minimum Gasteiger partial charge on any atom is -0.467 e. The predicted molar refractivity (Wildman–Crippen MR) is 185 cm³/mol. The highest BCUT2D eigenvalue weighted by molar-refractivity contribution is 6.74. The van der Waals surface area contributed by atoms with E-state index in [1.807, 2.05) is 0 Å². The van der Waals surface area contributed by atoms with Gasteiger partial charge in [0.05, 0.1) is 19.3 Å². The molecule has 3 saturated heterocycles. The first kappa shape index (κ1) is 39.6. The number of esters is 1. The third kappa shape index (κ3) is 12.0. The molecule has 4 fully saturated rings. The van der Waals surface area contributed by atoms with Gasteiger partial charge in [0.25, 0.3) is 0 Å². The molecule has 4 rings (SSSR count). The number of allylic oxidation sites excluding steroid dienone is 2. The Hall–Kier alpha value is -1.18. The Morgan fingerprint density at radius 3 is 1.90 bits per heavy atom. The largest absolute Gasteiger partial charge is 0.467 e. The quantitative estimate of drug-likeness (QED) is 0.0508. The van der Waals surface area contributed by atoms with E-state index in [0.29, 0.717) is 32.5 Å². The number of hydrogen-bond acceptors (Lipinski definition) is 10. The van der Waals surface area contributed by atoms with Crippen molar-refractivity contribution in [2.24, 2.45) is 11.8 Å². The molecule has 276 valence electrons. The van der Waals surface area contributed by atoms with Crippen LogP contribution in [0.4, 0.5) is 0 Å². The maximum absolute atomic E-state index is 13.0. The topological polar surface area (TPSA) is 108 Å². The lowest BCUT2D eigenvalue weighted by Gasteiger charge is -2.39. The van der Waals surface area contributed by atoms with Gasteiger partial charge in [-0.3, -0.25) is 4.79 Å². The van der Waals surface area contributed by atoms with Crippen LogP contribution in [0, 0.1) is 11.8 Å². The summed E-state index contributed by atoms with van der Waals surface area (Å²) in [4.78, 5) is 25.3. The van der Waals surface area contributed by atoms with Crippen LogP contribution in [-0.2, 0) is 47.2 Å². The third-order valence-corrected chi connectivity index (χ3v) is 15.3. The van der Waals surface area contributed by atoms with E-state index in [0.717, 1.165) is 77.4 Å². The van der Waals surface area contributed by atoms with Crippen LogP contribution in [-0.4, -0.2) is 90.8 Å². The number of rotatable bonds is 17. The molecule has 3 aliphatic heterocycles. The third-order valence-electron chi connectivity index (χ3n) is 10.8. The first-order valence-corrected chi connectivity index (χ1v) is 21.6. The zero-order valence-corrected chi connectivity index (χ0v) is 31.6. The molecular formula is C37H64O10Si. The molecule has 4 unspecified atom stereocenters. The molecule has 11 heteroatoms. The zero-order valence-electron chi connectivity index (χ0n) is 30.6. The van der Waals surface area contributed by atoms with E-state index in [4.69, 9.17) is 37.6 Å². The van der Waals surface area contributed by atoms with E-state index >= 15 is 0 Å². The molecule has 0 N–H and O–H groups in total. The smallest absolute Gasteiger partial charge is 0.342 e. The van der Waals surface area contributed by atoms with Crippen LogP contribution < -0.4 is 0 Å². The molecule has 48 heavy (non-hydrogen) atoms. The van der Waals surface area contributed by atoms with E-state index in [9.17, 15) is 9.59 Å². The molecule has 0 bridgehead atoms. The summed E-state index contributed by atoms with van der Waals surface area (Å²) < 4.78 is 48.5. The monoisotopic (exact) mass is 696 g/mol. The summed E-state index contributed by atoms with van der Waals surface area (Å²) in [6, 6.07) is 0. The van der Waals surface area contributed by atoms with Gasteiger partial charge in [0.1, 0.15) is 0 Å². The number of ether oxygens (including phenoxy) is 7. The number of carbonyl (C=O) groups excluding carboxylic acids is 2. The summed E-state index contributed by atoms with van der Waals surface area (Å²) in [6.45, 7) is 14.1. The second-order valence-corrected chi connectivity index (χ2v) is 20.3. The van der Waals surface area contributed by atoms with Crippen LogP contribution >= 0.6 is 0 Å². The zero-order chi connectivity index (χ0) is 34.6. The lowest BCUT2D eigenvalue weighted by molar-refractivity contribution is -0.204. The highest BCUT2D eigenvalue weighted by Crippen LogP contribution is 2.44. The van der Waals surface area contributed by atoms with Gasteiger partial charge < -0.3 is 37.6 Å². The van der Waals surface area contributed by atoms with Crippen molar-refractivity contribution in [3.05, 3.63) is 12.2 Å². The Morgan fingerprint density at radius 2 is 1.38 bits per heavy atom. The average Bonchev–Trinajstić information content (AvgIpc) is 3.39. The lowest BCUT2D eigenvalue weighted by atomic mass is 9.90. The second kappa shape index (κ2) is 19.4. The molecule has 0 spiro atoms. The summed E-state index contributed by atoms with van der Waals surface area (Å²) in [6.07, 6.45) is 14.1. The van der Waals surface area contributed by atoms with Gasteiger partial charge in [0.2, 0.25) is 6.10 Å². The van der Waals surface area contributed by atoms with E-state index in [2.05, 4.69) is 46.0 Å². The van der Waals surface area contributed by atoms with Crippen molar-refractivity contribution in [3.8, 4) is 0 Å². The van der Waals surface area contributed by atoms with Crippen LogP contribution in [0.3, 0.4) is 0 Å². The van der Waals surface area contributed by atoms with Gasteiger partial charge in [0.15, 0.2) is 33.0 Å². The van der Waals surface area contributed by atoms with E-state index in [1.165, 1.54) is 7.11 Å². The molecule has 1 aliphatic carbocycles. The van der Waals surface area contributed by atoms with Crippen LogP contribution in [0.2, 0.25) is 18.1 Å². The first-order valence-electron chi connectivity index (χ1n) is 18.7. The summed E-state index contributed by atoms with van der Waals surface area (Å²) in [5.74, 6) is -0.585. The Kier molecular flexibility index (Phi) is 16.0. The molecular weight excluding hydrogens is 632 g/mol. The summed E-state index contributed by atoms with van der Waals surface area (Å²) in [5.41, 5.74) is 0. The summed E-state index contributed by atoms with van der Waals surface area (Å²) >= 11 is 0. The van der Waals surface area contributed by atoms with Gasteiger partial charge in [-0.25, -0.2) is 4.79 Å². The predicted octanol–water partition coefficient (Wildman–Crippen LogP) is 7.24. The number of hydrogen-bond donors (Lipinski definition) is 0. The van der Waals surface area contributed by atoms with E-state index in [1.54, 1.807) is 0 Å². The Bertz CT molecular complexity index is 995. The van der Waals surface area contributed by atoms with Gasteiger partial charge in [-0.15, -0.1) is 0 Å². The molecule has 0 aromatic rings. The fourth-order valence-corrected chi connectivity index (χ4v) is 7.83. The minimum absolute atomic E-state index is 0.0131. The highest BCUT2D eigenvalue weighted by Gasteiger charge is 2.48. The molecule has 1 saturated carbocycles. The fraction of sp³-hybridized carbons (Fsp3) is 0.892. The highest BCUT2D eigenvalue weighted by atomic mass is 28.4. The van der Waals surface area contributed by atoms with E-state index < -0.39 is 26.7 Å². The molecule has 8 atom stereocenters. The van der Waals surface area contributed by atoms with Gasteiger partial charge >= 0.3 is 5.97 Å². The van der Waals surface area contributed by atoms with Crippen molar-refractivity contribution in [2.45, 2.75) is 166 Å². The van der Waals surface area contributed by atoms with Crippen molar-refractivity contribution in [1.29, 1.82) is 0 Å². The van der Waals surface area contributed by atoms with Crippen molar-refractivity contribution >= 4 is 20.1 Å². The first-order chi connectivity index (χ1) is 23.0. The molecule has 10 nitrogen and oxygen atoms in total. The number of unbranched alkanes of at least 4 members (excludes halogenated alkanes) is 1. The van der Waals surface area contributed by atoms with Crippen molar-refractivity contribution < 1.29 is 47.2 Å². The maximum Gasteiger partial charge on any atom is 0.342 e. The van der Waals surface area contributed by atoms with Crippen molar-refractivity contribution in [3.63, 3.8) is 0 Å². The lowest BCUT2D eigenvalue weighted by Crippen LogP contribution is -2.44. The normalized spacial score (nSPS) is 31.2. The van der Waals surface area contributed by atoms with Crippen molar-refractivity contribution in [1.82, 2.24) is 0 Å². The van der Waals surface area contributed by atoms with Gasteiger partial charge in [-0.05, 0) is 101 Å². The Balaban J connectivity index is 1.39. The van der Waals surface area contributed by atoms with Crippen LogP contribution in [0.15, 0.2) is 12.2 Å². The van der Waals surface area contributed by atoms with Gasteiger partial charge in [-0.2, -0.15) is 0 Å². The van der Waals surface area contributed by atoms with Gasteiger partial charge in [0, 0.05) is 45.2 Å².